The van der Waals surface area contributed by atoms with Crippen LogP contribution in [0.3, 0.4) is 0 Å². The van der Waals surface area contributed by atoms with Crippen LogP contribution in [0.4, 0.5) is 0 Å². The maximum absolute atomic E-state index is 6.44. The lowest BCUT2D eigenvalue weighted by atomic mass is 9.71. The van der Waals surface area contributed by atoms with E-state index in [0.29, 0.717) is 6.61 Å². The van der Waals surface area contributed by atoms with Crippen LogP contribution in [0.15, 0.2) is 6.20 Å². The van der Waals surface area contributed by atoms with Crippen molar-refractivity contribution in [2.45, 2.75) is 38.3 Å². The van der Waals surface area contributed by atoms with Crippen LogP contribution < -0.4 is 10.5 Å². The summed E-state index contributed by atoms with van der Waals surface area (Å²) < 4.78 is 10.7. The Balaban J connectivity index is 2.53. The standard InChI is InChI=1S/C13H20N2O2/c1-9-12(17-3)11(13(14)5-4-6-13)10(7-15-9)8-16-2/h7H,4-6,8,14H2,1-3H3. The van der Waals surface area contributed by atoms with Gasteiger partial charge < -0.3 is 15.2 Å². The SMILES string of the molecule is COCc1cnc(C)c(OC)c1C1(N)CCC1. The van der Waals surface area contributed by atoms with Gasteiger partial charge in [0.05, 0.1) is 19.4 Å². The van der Waals surface area contributed by atoms with E-state index in [-0.39, 0.29) is 5.54 Å². The fraction of sp³-hybridized carbons (Fsp3) is 0.615. The molecule has 1 saturated carbocycles. The van der Waals surface area contributed by atoms with E-state index in [4.69, 9.17) is 15.2 Å². The normalized spacial score (nSPS) is 17.6. The molecule has 1 aliphatic rings. The summed E-state index contributed by atoms with van der Waals surface area (Å²) in [6.07, 6.45) is 5.03. The minimum Gasteiger partial charge on any atom is -0.494 e. The number of aromatic nitrogens is 1. The zero-order chi connectivity index (χ0) is 12.5. The van der Waals surface area contributed by atoms with Gasteiger partial charge in [-0.15, -0.1) is 0 Å². The first-order chi connectivity index (χ1) is 8.12. The Morgan fingerprint density at radius 2 is 2.12 bits per heavy atom. The molecule has 0 amide bonds. The van der Waals surface area contributed by atoms with Gasteiger partial charge in [-0.1, -0.05) is 0 Å². The zero-order valence-electron chi connectivity index (χ0n) is 10.7. The summed E-state index contributed by atoms with van der Waals surface area (Å²) in [5, 5.41) is 0. The Labute approximate surface area is 102 Å². The van der Waals surface area contributed by atoms with Crippen LogP contribution in [-0.2, 0) is 16.9 Å². The van der Waals surface area contributed by atoms with E-state index in [1.165, 1.54) is 6.42 Å². The zero-order valence-corrected chi connectivity index (χ0v) is 10.7. The smallest absolute Gasteiger partial charge is 0.145 e. The maximum Gasteiger partial charge on any atom is 0.145 e. The Morgan fingerprint density at radius 1 is 1.41 bits per heavy atom. The fourth-order valence-electron chi connectivity index (χ4n) is 2.49. The number of ether oxygens (including phenoxy) is 2. The van der Waals surface area contributed by atoms with Crippen molar-refractivity contribution in [3.8, 4) is 5.75 Å². The second-order valence-electron chi connectivity index (χ2n) is 4.72. The number of methoxy groups -OCH3 is 2. The van der Waals surface area contributed by atoms with Crippen molar-refractivity contribution in [2.24, 2.45) is 5.73 Å². The van der Waals surface area contributed by atoms with E-state index in [2.05, 4.69) is 4.98 Å². The van der Waals surface area contributed by atoms with Gasteiger partial charge in [-0.2, -0.15) is 0 Å². The van der Waals surface area contributed by atoms with Crippen molar-refractivity contribution in [3.63, 3.8) is 0 Å². The number of nitrogens with two attached hydrogens (primary N) is 1. The number of nitrogens with zero attached hydrogens (tertiary/aromatic N) is 1. The second kappa shape index (κ2) is 4.63. The minimum absolute atomic E-state index is 0.257. The molecule has 4 heteroatoms. The number of pyridine rings is 1. The summed E-state index contributed by atoms with van der Waals surface area (Å²) in [6, 6.07) is 0. The molecule has 0 radical (unpaired) electrons. The fourth-order valence-corrected chi connectivity index (χ4v) is 2.49. The van der Waals surface area contributed by atoms with Gasteiger partial charge in [0, 0.05) is 30.0 Å². The van der Waals surface area contributed by atoms with Crippen LogP contribution in [0.25, 0.3) is 0 Å². The van der Waals surface area contributed by atoms with E-state index in [1.54, 1.807) is 14.2 Å². The van der Waals surface area contributed by atoms with Gasteiger partial charge in [-0.25, -0.2) is 0 Å². The first-order valence-corrected chi connectivity index (χ1v) is 5.93. The van der Waals surface area contributed by atoms with Gasteiger partial charge in [0.2, 0.25) is 0 Å². The topological polar surface area (TPSA) is 57.4 Å². The lowest BCUT2D eigenvalue weighted by Gasteiger charge is -2.40. The summed E-state index contributed by atoms with van der Waals surface area (Å²) in [7, 11) is 3.35. The van der Waals surface area contributed by atoms with Gasteiger partial charge in [0.25, 0.3) is 0 Å². The molecule has 0 unspecified atom stereocenters. The van der Waals surface area contributed by atoms with Crippen molar-refractivity contribution in [1.82, 2.24) is 4.98 Å². The molecule has 94 valence electrons. The first-order valence-electron chi connectivity index (χ1n) is 5.93. The van der Waals surface area contributed by atoms with Crippen molar-refractivity contribution in [3.05, 3.63) is 23.0 Å². The van der Waals surface area contributed by atoms with Gasteiger partial charge in [-0.3, -0.25) is 4.98 Å². The van der Waals surface area contributed by atoms with Gasteiger partial charge in [0.15, 0.2) is 0 Å². The Hall–Kier alpha value is -1.13. The minimum atomic E-state index is -0.257. The van der Waals surface area contributed by atoms with Crippen LogP contribution in [0, 0.1) is 6.92 Å². The molecule has 1 aliphatic carbocycles. The largest absolute Gasteiger partial charge is 0.494 e. The number of hydrogen-bond donors (Lipinski definition) is 1. The molecule has 0 aliphatic heterocycles. The molecule has 4 nitrogen and oxygen atoms in total. The van der Waals surface area contributed by atoms with Gasteiger partial charge in [0.1, 0.15) is 5.75 Å². The van der Waals surface area contributed by atoms with Crippen LogP contribution in [0.2, 0.25) is 0 Å². The molecule has 17 heavy (non-hydrogen) atoms. The lowest BCUT2D eigenvalue weighted by molar-refractivity contribution is 0.175. The summed E-state index contributed by atoms with van der Waals surface area (Å²) in [4.78, 5) is 4.34. The molecule has 0 spiro atoms. The average molecular weight is 236 g/mol. The van der Waals surface area contributed by atoms with E-state index < -0.39 is 0 Å². The van der Waals surface area contributed by atoms with E-state index in [9.17, 15) is 0 Å². The summed E-state index contributed by atoms with van der Waals surface area (Å²) in [6.45, 7) is 2.47. The molecule has 0 bridgehead atoms. The predicted molar refractivity (Wildman–Crippen MR) is 66.0 cm³/mol. The Bertz CT molecular complexity index is 414. The molecule has 1 fully saturated rings. The molecule has 1 aromatic heterocycles. The molecular formula is C13H20N2O2. The van der Waals surface area contributed by atoms with E-state index in [1.807, 2.05) is 13.1 Å². The third kappa shape index (κ3) is 2.03. The molecule has 0 atom stereocenters. The quantitative estimate of drug-likeness (QED) is 0.867. The van der Waals surface area contributed by atoms with Crippen LogP contribution >= 0.6 is 0 Å². The monoisotopic (exact) mass is 236 g/mol. The van der Waals surface area contributed by atoms with Crippen molar-refractivity contribution in [2.75, 3.05) is 14.2 Å². The molecule has 1 heterocycles. The van der Waals surface area contributed by atoms with Crippen LogP contribution in [-0.4, -0.2) is 19.2 Å². The second-order valence-corrected chi connectivity index (χ2v) is 4.72. The molecule has 1 aromatic rings. The molecule has 2 N–H and O–H groups in total. The van der Waals surface area contributed by atoms with Crippen LogP contribution in [0.1, 0.15) is 36.1 Å². The van der Waals surface area contributed by atoms with Gasteiger partial charge >= 0.3 is 0 Å². The van der Waals surface area contributed by atoms with E-state index >= 15 is 0 Å². The highest BCUT2D eigenvalue weighted by molar-refractivity contribution is 5.47. The Kier molecular flexibility index (Phi) is 3.35. The van der Waals surface area contributed by atoms with Crippen molar-refractivity contribution < 1.29 is 9.47 Å². The summed E-state index contributed by atoms with van der Waals surface area (Å²) in [5.74, 6) is 0.821. The van der Waals surface area contributed by atoms with Crippen LogP contribution in [0.5, 0.6) is 5.75 Å². The van der Waals surface area contributed by atoms with E-state index in [0.717, 1.165) is 35.4 Å². The van der Waals surface area contributed by atoms with Gasteiger partial charge in [-0.05, 0) is 26.2 Å². The Morgan fingerprint density at radius 3 is 2.59 bits per heavy atom. The third-order valence-electron chi connectivity index (χ3n) is 3.54. The number of hydrogen-bond acceptors (Lipinski definition) is 4. The highest BCUT2D eigenvalue weighted by Gasteiger charge is 2.39. The number of rotatable bonds is 4. The predicted octanol–water partition coefficient (Wildman–Crippen LogP) is 1.88. The third-order valence-corrected chi connectivity index (χ3v) is 3.54. The van der Waals surface area contributed by atoms with Crippen molar-refractivity contribution >= 4 is 0 Å². The highest BCUT2D eigenvalue weighted by Crippen LogP contribution is 2.45. The lowest BCUT2D eigenvalue weighted by Crippen LogP contribution is -2.44. The average Bonchev–Trinajstić information content (AvgIpc) is 2.28. The molecule has 2 rings (SSSR count). The maximum atomic E-state index is 6.44. The summed E-state index contributed by atoms with van der Waals surface area (Å²) in [5.41, 5.74) is 9.19. The summed E-state index contributed by atoms with van der Waals surface area (Å²) >= 11 is 0. The molecule has 0 saturated heterocycles. The number of aryl methyl sites for hydroxylation is 1. The first kappa shape index (κ1) is 12.3. The molecular weight excluding hydrogens is 216 g/mol. The van der Waals surface area contributed by atoms with Crippen molar-refractivity contribution in [1.29, 1.82) is 0 Å². The highest BCUT2D eigenvalue weighted by atomic mass is 16.5. The molecule has 0 aromatic carbocycles.